The van der Waals surface area contributed by atoms with E-state index < -0.39 is 56.9 Å². The van der Waals surface area contributed by atoms with E-state index >= 15 is 0 Å². The van der Waals surface area contributed by atoms with Gasteiger partial charge < -0.3 is 9.84 Å². The van der Waals surface area contributed by atoms with Crippen molar-refractivity contribution in [2.45, 2.75) is 17.1 Å². The quantitative estimate of drug-likeness (QED) is 0.434. The maximum absolute atomic E-state index is 12.9. The fourth-order valence-corrected chi connectivity index (χ4v) is 2.58. The predicted octanol–water partition coefficient (Wildman–Crippen LogP) is 2.29. The molecule has 0 heterocycles. The molecule has 14 heteroatoms. The molecule has 0 saturated heterocycles. The van der Waals surface area contributed by atoms with Crippen LogP contribution < -0.4 is 0 Å². The van der Waals surface area contributed by atoms with E-state index in [0.717, 1.165) is 24.3 Å². The van der Waals surface area contributed by atoms with Crippen LogP contribution in [0, 0.1) is 0 Å². The van der Waals surface area contributed by atoms with Gasteiger partial charge >= 0.3 is 29.0 Å². The van der Waals surface area contributed by atoms with Gasteiger partial charge in [0, 0.05) is 0 Å². The molecular formula is C12H8F6O7S. The Morgan fingerprint density at radius 1 is 0.962 bits per heavy atom. The topological polar surface area (TPSA) is 118 Å². The molecular weight excluding hydrogens is 402 g/mol. The van der Waals surface area contributed by atoms with Gasteiger partial charge in [0.2, 0.25) is 0 Å². The summed E-state index contributed by atoms with van der Waals surface area (Å²) in [5.41, 5.74) is -1.73. The van der Waals surface area contributed by atoms with Crippen LogP contribution >= 0.6 is 0 Å². The van der Waals surface area contributed by atoms with E-state index in [1.807, 2.05) is 0 Å². The summed E-state index contributed by atoms with van der Waals surface area (Å²) in [5, 5.41) is 8.83. The van der Waals surface area contributed by atoms with Gasteiger partial charge in [-0.25, -0.2) is 9.59 Å². The fraction of sp³-hybridized carbons (Fsp3) is 0.333. The molecule has 1 aromatic rings. The van der Waals surface area contributed by atoms with Crippen LogP contribution in [-0.2, 0) is 14.9 Å². The third kappa shape index (κ3) is 3.75. The first-order valence-electron chi connectivity index (χ1n) is 6.16. The lowest BCUT2D eigenvalue weighted by Crippen LogP contribution is -2.64. The van der Waals surface area contributed by atoms with Gasteiger partial charge in [0.05, 0.1) is 11.1 Å². The molecule has 0 aliphatic carbocycles. The van der Waals surface area contributed by atoms with E-state index in [1.54, 1.807) is 0 Å². The van der Waals surface area contributed by atoms with Crippen molar-refractivity contribution in [3.8, 4) is 0 Å². The van der Waals surface area contributed by atoms with E-state index in [4.69, 9.17) is 9.66 Å². The van der Waals surface area contributed by atoms with Crippen LogP contribution in [0.5, 0.6) is 0 Å². The van der Waals surface area contributed by atoms with E-state index in [9.17, 15) is 44.3 Å². The number of carboxylic acid groups (broad SMARTS) is 1. The van der Waals surface area contributed by atoms with Crippen LogP contribution in [0.1, 0.15) is 20.7 Å². The lowest BCUT2D eigenvalue weighted by molar-refractivity contribution is -0.275. The number of hydrogen-bond acceptors (Lipinski definition) is 5. The molecule has 0 radical (unpaired) electrons. The number of aromatic carboxylic acids is 1. The smallest absolute Gasteiger partial charge is 0.423 e. The van der Waals surface area contributed by atoms with Crippen LogP contribution in [0.15, 0.2) is 24.3 Å². The number of halogens is 6. The van der Waals surface area contributed by atoms with Gasteiger partial charge in [-0.2, -0.15) is 34.8 Å². The highest BCUT2D eigenvalue weighted by Gasteiger charge is 2.79. The average Bonchev–Trinajstić information content (AvgIpc) is 2.42. The molecule has 0 aromatic heterocycles. The fourth-order valence-electron chi connectivity index (χ4n) is 1.78. The number of carboxylic acids is 1. The molecule has 0 spiro atoms. The van der Waals surface area contributed by atoms with Crippen LogP contribution in [0.4, 0.5) is 26.3 Å². The number of alkyl halides is 6. The van der Waals surface area contributed by atoms with Gasteiger partial charge in [-0.3, -0.25) is 4.55 Å². The zero-order valence-electron chi connectivity index (χ0n) is 12.1. The van der Waals surface area contributed by atoms with E-state index in [-0.39, 0.29) is 0 Å². The summed E-state index contributed by atoms with van der Waals surface area (Å²) in [6.45, 7) is -2.87. The second kappa shape index (κ2) is 6.75. The van der Waals surface area contributed by atoms with E-state index in [0.29, 0.717) is 0 Å². The molecule has 26 heavy (non-hydrogen) atoms. The first-order valence-corrected chi connectivity index (χ1v) is 7.60. The molecule has 1 aromatic carbocycles. The Bertz CT molecular complexity index is 798. The zero-order chi connectivity index (χ0) is 20.6. The maximum atomic E-state index is 12.9. The van der Waals surface area contributed by atoms with Crippen molar-refractivity contribution in [3.63, 3.8) is 0 Å². The van der Waals surface area contributed by atoms with Crippen molar-refractivity contribution >= 4 is 22.1 Å². The minimum atomic E-state index is -6.89. The standard InChI is InChI=1S/C12H8F6O7S/c13-11(14,15)10(12(16,17)18,26(22,23)24)5-25-9(21)7-4-2-1-3-6(7)8(19)20/h1-4H,5H2,(H,19,20)(H,22,23,24). The Labute approximate surface area is 140 Å². The van der Waals surface area contributed by atoms with Crippen LogP contribution in [0.25, 0.3) is 0 Å². The molecule has 0 aliphatic heterocycles. The van der Waals surface area contributed by atoms with Gasteiger partial charge in [0.25, 0.3) is 10.1 Å². The van der Waals surface area contributed by atoms with Gasteiger partial charge in [0.1, 0.15) is 6.61 Å². The number of carbonyl (C=O) groups is 2. The summed E-state index contributed by atoms with van der Waals surface area (Å²) in [5.74, 6) is -3.71. The number of hydrogen-bond donors (Lipinski definition) is 2. The lowest BCUT2D eigenvalue weighted by atomic mass is 10.1. The largest absolute Gasteiger partial charge is 0.478 e. The number of rotatable bonds is 5. The minimum absolute atomic E-state index is 0.724. The monoisotopic (exact) mass is 410 g/mol. The Hall–Kier alpha value is -2.35. The Kier molecular flexibility index (Phi) is 5.63. The van der Waals surface area contributed by atoms with Crippen molar-refractivity contribution in [3.05, 3.63) is 35.4 Å². The lowest BCUT2D eigenvalue weighted by Gasteiger charge is -2.33. The summed E-state index contributed by atoms with van der Waals surface area (Å²) in [6, 6.07) is 3.67. The predicted molar refractivity (Wildman–Crippen MR) is 70.1 cm³/mol. The summed E-state index contributed by atoms with van der Waals surface area (Å²) in [6.07, 6.45) is -13.2. The molecule has 0 amide bonds. The third-order valence-corrected chi connectivity index (χ3v) is 4.60. The molecule has 0 fully saturated rings. The molecule has 146 valence electrons. The second-order valence-electron chi connectivity index (χ2n) is 4.72. The number of carbonyl (C=O) groups excluding carboxylic acids is 1. The van der Waals surface area contributed by atoms with Crippen molar-refractivity contribution in [2.75, 3.05) is 6.61 Å². The normalized spacial score (nSPS) is 13.3. The Morgan fingerprint density at radius 2 is 1.38 bits per heavy atom. The van der Waals surface area contributed by atoms with Gasteiger partial charge in [0.15, 0.2) is 0 Å². The Morgan fingerprint density at radius 3 is 1.73 bits per heavy atom. The number of benzene rings is 1. The number of esters is 1. The van der Waals surface area contributed by atoms with Crippen molar-refractivity contribution < 1.29 is 58.7 Å². The number of ether oxygens (including phenoxy) is 1. The highest BCUT2D eigenvalue weighted by Crippen LogP contribution is 2.48. The van der Waals surface area contributed by atoms with E-state index in [1.165, 1.54) is 0 Å². The molecule has 0 unspecified atom stereocenters. The molecule has 0 bridgehead atoms. The maximum Gasteiger partial charge on any atom is 0.423 e. The SMILES string of the molecule is O=C(O)c1ccccc1C(=O)OCC(C(F)(F)F)(C(F)(F)F)S(=O)(=O)O. The van der Waals surface area contributed by atoms with Crippen LogP contribution in [-0.4, -0.2) is 53.7 Å². The molecule has 2 N–H and O–H groups in total. The van der Waals surface area contributed by atoms with Crippen molar-refractivity contribution in [1.29, 1.82) is 0 Å². The molecule has 0 saturated carbocycles. The van der Waals surface area contributed by atoms with Crippen molar-refractivity contribution in [2.24, 2.45) is 0 Å². The molecule has 0 aliphatic rings. The van der Waals surface area contributed by atoms with Gasteiger partial charge in [-0.1, -0.05) is 12.1 Å². The highest BCUT2D eigenvalue weighted by atomic mass is 32.2. The summed E-state index contributed by atoms with van der Waals surface area (Å²) in [4.78, 5) is 22.6. The van der Waals surface area contributed by atoms with Crippen LogP contribution in [0.2, 0.25) is 0 Å². The average molecular weight is 410 g/mol. The van der Waals surface area contributed by atoms with E-state index in [2.05, 4.69) is 4.74 Å². The third-order valence-electron chi connectivity index (χ3n) is 3.14. The summed E-state index contributed by atoms with van der Waals surface area (Å²) < 4.78 is 106. The molecule has 7 nitrogen and oxygen atoms in total. The summed E-state index contributed by atoms with van der Waals surface area (Å²) >= 11 is 0. The highest BCUT2D eigenvalue weighted by molar-refractivity contribution is 7.87. The molecule has 0 atom stereocenters. The first-order chi connectivity index (χ1) is 11.6. The summed E-state index contributed by atoms with van der Waals surface area (Å²) in [7, 11) is -6.89. The first kappa shape index (κ1) is 21.7. The van der Waals surface area contributed by atoms with Crippen molar-refractivity contribution in [1.82, 2.24) is 0 Å². The van der Waals surface area contributed by atoms with Gasteiger partial charge in [-0.05, 0) is 12.1 Å². The minimum Gasteiger partial charge on any atom is -0.478 e. The van der Waals surface area contributed by atoms with Crippen LogP contribution in [0.3, 0.4) is 0 Å². The molecule has 1 rings (SSSR count). The zero-order valence-corrected chi connectivity index (χ0v) is 12.9. The van der Waals surface area contributed by atoms with Gasteiger partial charge in [-0.15, -0.1) is 0 Å². The Balaban J connectivity index is 3.37. The second-order valence-corrected chi connectivity index (χ2v) is 6.37.